The van der Waals surface area contributed by atoms with Gasteiger partial charge in [-0.3, -0.25) is 0 Å². The Balaban J connectivity index is 0.00000170. The molecular weight excluding hydrogens is 426 g/mol. The summed E-state index contributed by atoms with van der Waals surface area (Å²) in [6.07, 6.45) is -2.86. The summed E-state index contributed by atoms with van der Waals surface area (Å²) < 4.78 is 63.2. The molecule has 0 radical (unpaired) electrons. The topological polar surface area (TPSA) is 78.0 Å². The van der Waals surface area contributed by atoms with Crippen LogP contribution in [0.25, 0.3) is 16.9 Å². The van der Waals surface area contributed by atoms with Crippen LogP contribution >= 0.6 is 0 Å². The summed E-state index contributed by atoms with van der Waals surface area (Å²) in [5.41, 5.74) is 0.996. The molecule has 0 aliphatic carbocycles. The van der Waals surface area contributed by atoms with E-state index >= 15 is 0 Å². The Morgan fingerprint density at radius 1 is 1.10 bits per heavy atom. The van der Waals surface area contributed by atoms with Crippen molar-refractivity contribution in [3.8, 4) is 16.9 Å². The minimum absolute atomic E-state index is 0. The Kier molecular flexibility index (Phi) is 9.06. The van der Waals surface area contributed by atoms with E-state index in [1.807, 2.05) is 13.8 Å². The molecule has 10 heteroatoms. The van der Waals surface area contributed by atoms with Gasteiger partial charge in [0.1, 0.15) is 0 Å². The van der Waals surface area contributed by atoms with E-state index in [0.29, 0.717) is 5.56 Å². The molecule has 0 amide bonds. The van der Waals surface area contributed by atoms with Crippen LogP contribution in [0, 0.1) is 6.92 Å². The third-order valence-corrected chi connectivity index (χ3v) is 4.69. The van der Waals surface area contributed by atoms with Gasteiger partial charge in [0.05, 0.1) is 16.3 Å². The summed E-state index contributed by atoms with van der Waals surface area (Å²) in [7, 11) is -3.90. The van der Waals surface area contributed by atoms with Gasteiger partial charge in [-0.2, -0.15) is 18.3 Å². The van der Waals surface area contributed by atoms with Crippen LogP contribution in [0.15, 0.2) is 72.1 Å². The normalized spacial score (nSPS) is 11.1. The Morgan fingerprint density at radius 3 is 2.03 bits per heavy atom. The second-order valence-electron chi connectivity index (χ2n) is 6.14. The predicted octanol–water partition coefficient (Wildman–Crippen LogP) is 1.82. The number of nitrogens with zero attached hydrogens (tertiary/aromatic N) is 2. The SMILES string of the molecule is C=CC.Cc1ccc(-c2cc(C(F)(F)F)nn2-c2ccc(S(N)(=O)=O)cc2)cc1.[H-].[Na+]. The number of hydrogen-bond acceptors (Lipinski definition) is 3. The molecule has 0 saturated heterocycles. The van der Waals surface area contributed by atoms with Crippen molar-refractivity contribution in [2.45, 2.75) is 24.9 Å². The van der Waals surface area contributed by atoms with Crippen LogP contribution in [0.1, 0.15) is 19.6 Å². The third-order valence-electron chi connectivity index (χ3n) is 3.76. The maximum atomic E-state index is 13.1. The Bertz CT molecular complexity index is 1100. The fourth-order valence-corrected chi connectivity index (χ4v) is 2.94. The van der Waals surface area contributed by atoms with E-state index in [2.05, 4.69) is 11.7 Å². The predicted molar refractivity (Wildman–Crippen MR) is 107 cm³/mol. The summed E-state index contributed by atoms with van der Waals surface area (Å²) in [6, 6.07) is 13.1. The van der Waals surface area contributed by atoms with Crippen molar-refractivity contribution in [1.29, 1.82) is 0 Å². The number of benzene rings is 2. The molecular formula is C20H21F3N3NaO2S. The number of aryl methyl sites for hydroxylation is 1. The number of primary sulfonamides is 1. The number of allylic oxidation sites excluding steroid dienone is 1. The van der Waals surface area contributed by atoms with E-state index in [0.717, 1.165) is 16.3 Å². The molecule has 0 unspecified atom stereocenters. The minimum Gasteiger partial charge on any atom is -1.00 e. The molecule has 5 nitrogen and oxygen atoms in total. The summed E-state index contributed by atoms with van der Waals surface area (Å²) in [5, 5.41) is 8.70. The smallest absolute Gasteiger partial charge is 1.00 e. The van der Waals surface area contributed by atoms with Crippen LogP contribution in [0.4, 0.5) is 13.2 Å². The molecule has 30 heavy (non-hydrogen) atoms. The van der Waals surface area contributed by atoms with Crippen molar-refractivity contribution < 1.29 is 52.6 Å². The summed E-state index contributed by atoms with van der Waals surface area (Å²) in [4.78, 5) is -0.138. The van der Waals surface area contributed by atoms with Gasteiger partial charge in [-0.15, -0.1) is 6.58 Å². The average Bonchev–Trinajstić information content (AvgIpc) is 3.08. The van der Waals surface area contributed by atoms with Gasteiger partial charge >= 0.3 is 35.7 Å². The zero-order chi connectivity index (χ0) is 21.8. The van der Waals surface area contributed by atoms with E-state index in [1.165, 1.54) is 24.3 Å². The van der Waals surface area contributed by atoms with Gasteiger partial charge < -0.3 is 1.43 Å². The first-order valence-corrected chi connectivity index (χ1v) is 9.96. The molecule has 0 atom stereocenters. The monoisotopic (exact) mass is 447 g/mol. The first kappa shape index (κ1) is 26.1. The van der Waals surface area contributed by atoms with Crippen molar-refractivity contribution in [3.63, 3.8) is 0 Å². The van der Waals surface area contributed by atoms with Crippen molar-refractivity contribution in [3.05, 3.63) is 78.5 Å². The first-order valence-electron chi connectivity index (χ1n) is 8.42. The molecule has 3 rings (SSSR count). The van der Waals surface area contributed by atoms with Crippen molar-refractivity contribution in [2.24, 2.45) is 5.14 Å². The van der Waals surface area contributed by atoms with Gasteiger partial charge in [-0.05, 0) is 44.2 Å². The van der Waals surface area contributed by atoms with Gasteiger partial charge in [-0.1, -0.05) is 35.9 Å². The molecule has 0 aliphatic heterocycles. The van der Waals surface area contributed by atoms with Crippen LogP contribution in [-0.2, 0) is 16.2 Å². The molecule has 0 aliphatic rings. The molecule has 1 heterocycles. The third kappa shape index (κ3) is 6.55. The molecule has 0 saturated carbocycles. The second kappa shape index (κ2) is 10.4. The summed E-state index contributed by atoms with van der Waals surface area (Å²) >= 11 is 0. The van der Waals surface area contributed by atoms with Crippen LogP contribution in [0.3, 0.4) is 0 Å². The zero-order valence-electron chi connectivity index (χ0n) is 17.8. The largest absolute Gasteiger partial charge is 1.00 e. The van der Waals surface area contributed by atoms with Gasteiger partial charge in [-0.25, -0.2) is 18.2 Å². The van der Waals surface area contributed by atoms with Gasteiger partial charge in [0, 0.05) is 5.56 Å². The number of alkyl halides is 3. The van der Waals surface area contributed by atoms with Crippen molar-refractivity contribution >= 4 is 10.0 Å². The molecule has 0 spiro atoms. The number of rotatable bonds is 3. The average molecular weight is 447 g/mol. The standard InChI is InChI=1S/C17H14F3N3O2S.C3H6.Na.H/c1-11-2-4-12(5-3-11)15-10-16(17(18,19)20)22-23(15)13-6-8-14(9-7-13)26(21,24)25;1-3-2;;/h2-10H,1H3,(H2,21,24,25);3H,1H2,2H3;;/q;;+1;-1. The van der Waals surface area contributed by atoms with Crippen molar-refractivity contribution in [1.82, 2.24) is 9.78 Å². The van der Waals surface area contributed by atoms with E-state index < -0.39 is 21.9 Å². The number of nitrogens with two attached hydrogens (primary N) is 1. The van der Waals surface area contributed by atoms with Crippen LogP contribution in [-0.4, -0.2) is 18.2 Å². The van der Waals surface area contributed by atoms with E-state index in [1.54, 1.807) is 30.3 Å². The fraction of sp³-hybridized carbons (Fsp3) is 0.150. The molecule has 0 bridgehead atoms. The first-order chi connectivity index (χ1) is 13.5. The Morgan fingerprint density at radius 2 is 1.60 bits per heavy atom. The molecule has 1 aromatic heterocycles. The molecule has 2 aromatic carbocycles. The van der Waals surface area contributed by atoms with Crippen LogP contribution in [0.2, 0.25) is 0 Å². The van der Waals surface area contributed by atoms with Gasteiger partial charge in [0.15, 0.2) is 5.69 Å². The van der Waals surface area contributed by atoms with E-state index in [4.69, 9.17) is 5.14 Å². The molecule has 3 aromatic rings. The molecule has 156 valence electrons. The van der Waals surface area contributed by atoms with Crippen LogP contribution < -0.4 is 34.7 Å². The Hall–Kier alpha value is -1.91. The van der Waals surface area contributed by atoms with Crippen molar-refractivity contribution in [2.75, 3.05) is 0 Å². The maximum Gasteiger partial charge on any atom is 1.00 e. The number of halogens is 3. The number of hydrogen-bond donors (Lipinski definition) is 1. The number of sulfonamides is 1. The molecule has 0 fully saturated rings. The van der Waals surface area contributed by atoms with Gasteiger partial charge in [0.2, 0.25) is 10.0 Å². The maximum absolute atomic E-state index is 13.1. The summed E-state index contributed by atoms with van der Waals surface area (Å²) in [6.45, 7) is 7.12. The quantitative estimate of drug-likeness (QED) is 0.492. The fourth-order valence-electron chi connectivity index (χ4n) is 2.42. The summed E-state index contributed by atoms with van der Waals surface area (Å²) in [5.74, 6) is 0. The van der Waals surface area contributed by atoms with E-state index in [-0.39, 0.29) is 47.3 Å². The molecule has 2 N–H and O–H groups in total. The Labute approximate surface area is 197 Å². The second-order valence-corrected chi connectivity index (χ2v) is 7.70. The zero-order valence-corrected chi connectivity index (χ0v) is 19.6. The number of aromatic nitrogens is 2. The van der Waals surface area contributed by atoms with E-state index in [9.17, 15) is 21.6 Å². The minimum atomic E-state index is -4.61. The van der Waals surface area contributed by atoms with Crippen LogP contribution in [0.5, 0.6) is 0 Å². The van der Waals surface area contributed by atoms with Gasteiger partial charge in [0.25, 0.3) is 0 Å².